The van der Waals surface area contributed by atoms with Crippen molar-refractivity contribution in [2.45, 2.75) is 19.6 Å². The van der Waals surface area contributed by atoms with E-state index < -0.39 is 17.6 Å². The first-order valence-electron chi connectivity index (χ1n) is 13.0. The van der Waals surface area contributed by atoms with E-state index in [9.17, 15) is 22.8 Å². The van der Waals surface area contributed by atoms with Crippen molar-refractivity contribution in [1.82, 2.24) is 20.2 Å². The van der Waals surface area contributed by atoms with Gasteiger partial charge in [-0.05, 0) is 54.1 Å². The third-order valence-corrected chi connectivity index (χ3v) is 6.82. The molecule has 0 aliphatic carbocycles. The number of fused-ring (bicyclic) bond motifs is 1. The molecule has 3 N–H and O–H groups in total. The lowest BCUT2D eigenvalue weighted by Gasteiger charge is -2.40. The summed E-state index contributed by atoms with van der Waals surface area (Å²) < 4.78 is 52.8. The first-order chi connectivity index (χ1) is 19.9. The maximum absolute atomic E-state index is 14.0. The van der Waals surface area contributed by atoms with Crippen molar-refractivity contribution in [3.63, 3.8) is 0 Å². The molecular formula is C30H28F3N5O4. The molecule has 1 aliphatic rings. The molecule has 42 heavy (non-hydrogen) atoms. The van der Waals surface area contributed by atoms with Gasteiger partial charge in [-0.15, -0.1) is 0 Å². The number of aromatic nitrogens is 2. The quantitative estimate of drug-likeness (QED) is 0.284. The normalized spacial score (nSPS) is 14.6. The number of anilines is 1. The van der Waals surface area contributed by atoms with E-state index in [1.165, 1.54) is 42.7 Å². The van der Waals surface area contributed by atoms with Gasteiger partial charge in [0.25, 0.3) is 5.91 Å². The number of carbonyl (C=O) groups excluding carboxylic acids is 2. The average molecular weight is 580 g/mol. The third kappa shape index (κ3) is 6.44. The Kier molecular flexibility index (Phi) is 7.74. The van der Waals surface area contributed by atoms with Gasteiger partial charge in [-0.25, -0.2) is 4.98 Å². The van der Waals surface area contributed by atoms with E-state index >= 15 is 0 Å². The second kappa shape index (κ2) is 11.3. The highest BCUT2D eigenvalue weighted by Crippen LogP contribution is 2.39. The number of nitrogens with one attached hydrogen (secondary N) is 1. The molecule has 0 saturated carbocycles. The number of halogens is 3. The second-order valence-electron chi connectivity index (χ2n) is 10.6. The van der Waals surface area contributed by atoms with Crippen LogP contribution in [0.3, 0.4) is 0 Å². The molecule has 3 aromatic heterocycles. The van der Waals surface area contributed by atoms with Crippen LogP contribution in [0.15, 0.2) is 65.4 Å². The number of furan rings is 1. The Hall–Kier alpha value is -4.71. The molecule has 218 valence electrons. The molecule has 2 amide bonds. The largest absolute Gasteiger partial charge is 0.459 e. The number of hydrogen-bond donors (Lipinski definition) is 2. The van der Waals surface area contributed by atoms with Crippen LogP contribution in [0.1, 0.15) is 34.2 Å². The first kappa shape index (κ1) is 28.8. The number of benzene rings is 1. The highest BCUT2D eigenvalue weighted by atomic mass is 19.4. The van der Waals surface area contributed by atoms with E-state index in [4.69, 9.17) is 14.9 Å². The maximum Gasteiger partial charge on any atom is 0.420 e. The second-order valence-corrected chi connectivity index (χ2v) is 10.6. The predicted octanol–water partition coefficient (Wildman–Crippen LogP) is 4.93. The van der Waals surface area contributed by atoms with Crippen LogP contribution in [0, 0.1) is 5.41 Å². The van der Waals surface area contributed by atoms with Crippen LogP contribution in [0.4, 0.5) is 19.0 Å². The molecule has 1 fully saturated rings. The molecule has 0 radical (unpaired) electrons. The van der Waals surface area contributed by atoms with Crippen molar-refractivity contribution in [2.75, 3.05) is 32.5 Å². The SMILES string of the molecule is CN(CC1(C)COC1)C(=O)c1ccc(-c2cc(C(F)(F)F)c3oc(CNC(=O)C=Cc4ccc(N)nc4)cc3c2)nc1. The van der Waals surface area contributed by atoms with Crippen molar-refractivity contribution in [3.05, 3.63) is 83.4 Å². The Morgan fingerprint density at radius 3 is 2.52 bits per heavy atom. The highest BCUT2D eigenvalue weighted by molar-refractivity contribution is 5.94. The minimum Gasteiger partial charge on any atom is -0.459 e. The van der Waals surface area contributed by atoms with E-state index in [1.54, 1.807) is 30.1 Å². The maximum atomic E-state index is 14.0. The number of nitrogens with two attached hydrogens (primary N) is 1. The molecule has 0 bridgehead atoms. The summed E-state index contributed by atoms with van der Waals surface area (Å²) in [6, 6.07) is 10.3. The van der Waals surface area contributed by atoms with Crippen LogP contribution in [0.25, 0.3) is 28.3 Å². The summed E-state index contributed by atoms with van der Waals surface area (Å²) in [5.41, 5.74) is 5.57. The van der Waals surface area contributed by atoms with Crippen LogP contribution >= 0.6 is 0 Å². The van der Waals surface area contributed by atoms with Gasteiger partial charge in [0, 0.05) is 48.4 Å². The number of alkyl halides is 3. The third-order valence-electron chi connectivity index (χ3n) is 6.82. The zero-order chi connectivity index (χ0) is 30.1. The van der Waals surface area contributed by atoms with E-state index in [1.807, 2.05) is 6.92 Å². The minimum atomic E-state index is -4.71. The fourth-order valence-electron chi connectivity index (χ4n) is 4.67. The zero-order valence-electron chi connectivity index (χ0n) is 22.9. The lowest BCUT2D eigenvalue weighted by Crippen LogP contribution is -2.49. The van der Waals surface area contributed by atoms with Crippen LogP contribution in [0.2, 0.25) is 0 Å². The van der Waals surface area contributed by atoms with Gasteiger partial charge in [0.15, 0.2) is 0 Å². The fraction of sp³-hybridized carbons (Fsp3) is 0.267. The van der Waals surface area contributed by atoms with Crippen LogP contribution < -0.4 is 11.1 Å². The lowest BCUT2D eigenvalue weighted by atomic mass is 9.88. The zero-order valence-corrected chi connectivity index (χ0v) is 22.9. The predicted molar refractivity (Wildman–Crippen MR) is 150 cm³/mol. The monoisotopic (exact) mass is 579 g/mol. The van der Waals surface area contributed by atoms with Gasteiger partial charge >= 0.3 is 6.18 Å². The summed E-state index contributed by atoms with van der Waals surface area (Å²) in [4.78, 5) is 34.9. The van der Waals surface area contributed by atoms with Crippen molar-refractivity contribution in [1.29, 1.82) is 0 Å². The summed E-state index contributed by atoms with van der Waals surface area (Å²) in [5, 5.41) is 2.79. The standard InChI is InChI=1S/C30H28F3N5O4/c1-29(16-41-17-29)15-38(2)28(40)19-5-6-24(35-13-19)20-9-21-10-22(42-27(21)23(11-20)30(31,32)33)14-37-26(39)8-4-18-3-7-25(34)36-12-18/h3-13H,14-17H2,1-2H3,(H2,34,36)(H,37,39). The summed E-state index contributed by atoms with van der Waals surface area (Å²) >= 11 is 0. The number of pyridine rings is 2. The molecule has 1 aliphatic heterocycles. The van der Waals surface area contributed by atoms with Crippen LogP contribution in [-0.2, 0) is 22.3 Å². The lowest BCUT2D eigenvalue weighted by molar-refractivity contribution is -0.136. The van der Waals surface area contributed by atoms with Crippen LogP contribution in [-0.4, -0.2) is 53.5 Å². The van der Waals surface area contributed by atoms with Crippen molar-refractivity contribution >= 4 is 34.7 Å². The number of nitrogen functional groups attached to an aromatic ring is 1. The minimum absolute atomic E-state index is 0.0977. The van der Waals surface area contributed by atoms with Gasteiger partial charge in [-0.3, -0.25) is 14.6 Å². The molecule has 0 unspecified atom stereocenters. The van der Waals surface area contributed by atoms with Gasteiger partial charge in [0.05, 0.1) is 36.6 Å². The first-order valence-corrected chi connectivity index (χ1v) is 13.0. The van der Waals surface area contributed by atoms with Gasteiger partial charge in [-0.2, -0.15) is 13.2 Å². The van der Waals surface area contributed by atoms with E-state index in [2.05, 4.69) is 15.3 Å². The van der Waals surface area contributed by atoms with Gasteiger partial charge in [-0.1, -0.05) is 6.92 Å². The summed E-state index contributed by atoms with van der Waals surface area (Å²) in [6.45, 7) is 3.57. The highest BCUT2D eigenvalue weighted by Gasteiger charge is 2.36. The number of ether oxygens (including phenoxy) is 1. The Balaban J connectivity index is 1.33. The molecule has 1 saturated heterocycles. The molecular weight excluding hydrogens is 551 g/mol. The van der Waals surface area contributed by atoms with Crippen molar-refractivity contribution < 1.29 is 31.9 Å². The number of amides is 2. The summed E-state index contributed by atoms with van der Waals surface area (Å²) in [7, 11) is 1.69. The van der Waals surface area contributed by atoms with Crippen molar-refractivity contribution in [2.24, 2.45) is 5.41 Å². The number of nitrogens with zero attached hydrogens (tertiary/aromatic N) is 3. The molecule has 0 atom stereocenters. The Bertz CT molecular complexity index is 1640. The molecule has 9 nitrogen and oxygen atoms in total. The van der Waals surface area contributed by atoms with E-state index in [-0.39, 0.29) is 45.9 Å². The molecule has 1 aromatic carbocycles. The Labute approximate surface area is 239 Å². The molecule has 12 heteroatoms. The summed E-state index contributed by atoms with van der Waals surface area (Å²) in [6.07, 6.45) is 0.953. The topological polar surface area (TPSA) is 124 Å². The van der Waals surface area contributed by atoms with Crippen LogP contribution in [0.5, 0.6) is 0 Å². The smallest absolute Gasteiger partial charge is 0.420 e. The summed E-state index contributed by atoms with van der Waals surface area (Å²) in [5.74, 6) is -0.219. The van der Waals surface area contributed by atoms with Crippen molar-refractivity contribution in [3.8, 4) is 11.3 Å². The molecule has 4 aromatic rings. The van der Waals surface area contributed by atoms with Gasteiger partial charge in [0.2, 0.25) is 5.91 Å². The van der Waals surface area contributed by atoms with Gasteiger partial charge in [0.1, 0.15) is 17.2 Å². The molecule has 5 rings (SSSR count). The Morgan fingerprint density at radius 2 is 1.90 bits per heavy atom. The molecule has 4 heterocycles. The number of hydrogen-bond acceptors (Lipinski definition) is 7. The van der Waals surface area contributed by atoms with E-state index in [0.29, 0.717) is 36.7 Å². The van der Waals surface area contributed by atoms with Gasteiger partial charge < -0.3 is 25.1 Å². The fourth-order valence-corrected chi connectivity index (χ4v) is 4.67. The number of carbonyl (C=O) groups is 2. The average Bonchev–Trinajstić information content (AvgIpc) is 3.36. The van der Waals surface area contributed by atoms with E-state index in [0.717, 1.165) is 6.07 Å². The molecule has 0 spiro atoms. The Morgan fingerprint density at radius 1 is 1.12 bits per heavy atom. The number of rotatable bonds is 8.